The van der Waals surface area contributed by atoms with Gasteiger partial charge in [0.25, 0.3) is 0 Å². The Morgan fingerprint density at radius 2 is 0.958 bits per heavy atom. The lowest BCUT2D eigenvalue weighted by Gasteiger charge is -2.13. The van der Waals surface area contributed by atoms with E-state index in [1.165, 1.54) is 0 Å². The number of halogens is 4. The fourth-order valence-electron chi connectivity index (χ4n) is 1.25. The summed E-state index contributed by atoms with van der Waals surface area (Å²) < 4.78 is 51.5. The highest BCUT2D eigenvalue weighted by molar-refractivity contribution is 6.10. The van der Waals surface area contributed by atoms with Crippen LogP contribution in [0.1, 0.15) is 0 Å². The molecular formula is C12H8F4N2O6. The lowest BCUT2D eigenvalue weighted by Crippen LogP contribution is -2.42. The van der Waals surface area contributed by atoms with Crippen LogP contribution in [-0.4, -0.2) is 45.8 Å². The Kier molecular flexibility index (Phi) is 5.12. The van der Waals surface area contributed by atoms with Crippen molar-refractivity contribution >= 4 is 35.1 Å². The highest BCUT2D eigenvalue weighted by Gasteiger charge is 2.48. The zero-order chi connectivity index (χ0) is 18.7. The molecule has 0 atom stereocenters. The minimum Gasteiger partial charge on any atom is -0.476 e. The summed E-state index contributed by atoms with van der Waals surface area (Å²) >= 11 is 0. The van der Waals surface area contributed by atoms with E-state index in [-0.39, 0.29) is 11.4 Å². The van der Waals surface area contributed by atoms with Gasteiger partial charge in [0.15, 0.2) is 0 Å². The number of aliphatic carboxylic acids is 2. The van der Waals surface area contributed by atoms with Crippen LogP contribution in [0.25, 0.3) is 0 Å². The number of carbonyl (C=O) groups excluding carboxylic acids is 2. The summed E-state index contributed by atoms with van der Waals surface area (Å²) in [6.07, 6.45) is 0. The molecule has 1 aromatic rings. The maximum atomic E-state index is 12.9. The van der Waals surface area contributed by atoms with E-state index in [1.54, 1.807) is 10.6 Å². The third-order valence-corrected chi connectivity index (χ3v) is 2.51. The summed E-state index contributed by atoms with van der Waals surface area (Å²) in [5, 5.41) is 19.5. The van der Waals surface area contributed by atoms with Crippen LogP contribution < -0.4 is 10.6 Å². The van der Waals surface area contributed by atoms with Gasteiger partial charge in [0.05, 0.1) is 0 Å². The molecule has 1 rings (SSSR count). The van der Waals surface area contributed by atoms with E-state index in [4.69, 9.17) is 10.2 Å². The van der Waals surface area contributed by atoms with Crippen LogP contribution in [0.5, 0.6) is 0 Å². The Morgan fingerprint density at radius 1 is 0.708 bits per heavy atom. The molecule has 0 heterocycles. The van der Waals surface area contributed by atoms with Crippen molar-refractivity contribution < 1.29 is 47.0 Å². The molecule has 2 amide bonds. The fourth-order valence-corrected chi connectivity index (χ4v) is 1.25. The molecule has 0 aromatic heterocycles. The normalized spacial score (nSPS) is 11.5. The summed E-state index contributed by atoms with van der Waals surface area (Å²) in [5.41, 5.74) is -0.632. The van der Waals surface area contributed by atoms with Crippen LogP contribution in [0, 0.1) is 0 Å². The molecule has 0 radical (unpaired) electrons. The number of carboxylic acids is 2. The maximum Gasteiger partial charge on any atom is 0.418 e. The van der Waals surface area contributed by atoms with Crippen molar-refractivity contribution in [1.29, 1.82) is 0 Å². The van der Waals surface area contributed by atoms with Crippen molar-refractivity contribution in [2.75, 3.05) is 10.6 Å². The smallest absolute Gasteiger partial charge is 0.418 e. The van der Waals surface area contributed by atoms with Crippen LogP contribution >= 0.6 is 0 Å². The predicted molar refractivity (Wildman–Crippen MR) is 68.9 cm³/mol. The molecule has 8 nitrogen and oxygen atoms in total. The van der Waals surface area contributed by atoms with Gasteiger partial charge < -0.3 is 20.8 Å². The Morgan fingerprint density at radius 3 is 1.17 bits per heavy atom. The first kappa shape index (κ1) is 18.9. The summed E-state index contributed by atoms with van der Waals surface area (Å²) in [6.45, 7) is 0. The minimum absolute atomic E-state index is 0.316. The fraction of sp³-hybridized carbons (Fsp3) is 0.167. The molecule has 1 aromatic carbocycles. The number of hydrogen-bond donors (Lipinski definition) is 4. The second kappa shape index (κ2) is 6.52. The zero-order valence-electron chi connectivity index (χ0n) is 11.3. The van der Waals surface area contributed by atoms with Gasteiger partial charge >= 0.3 is 35.6 Å². The molecule has 0 fully saturated rings. The van der Waals surface area contributed by atoms with Crippen molar-refractivity contribution in [3.63, 3.8) is 0 Å². The van der Waals surface area contributed by atoms with Crippen molar-refractivity contribution in [3.8, 4) is 0 Å². The van der Waals surface area contributed by atoms with E-state index in [9.17, 15) is 36.7 Å². The molecule has 0 aliphatic rings. The van der Waals surface area contributed by atoms with Crippen molar-refractivity contribution in [1.82, 2.24) is 0 Å². The zero-order valence-corrected chi connectivity index (χ0v) is 11.3. The Balaban J connectivity index is 2.81. The van der Waals surface area contributed by atoms with Crippen LogP contribution in [0.15, 0.2) is 24.3 Å². The predicted octanol–water partition coefficient (Wildman–Crippen LogP) is 1.00. The van der Waals surface area contributed by atoms with Gasteiger partial charge in [-0.15, -0.1) is 0 Å². The van der Waals surface area contributed by atoms with E-state index < -0.39 is 35.6 Å². The second-order valence-electron chi connectivity index (χ2n) is 4.24. The van der Waals surface area contributed by atoms with E-state index in [1.807, 2.05) is 0 Å². The Hall–Kier alpha value is -3.18. The average molecular weight is 352 g/mol. The number of hydrogen-bond acceptors (Lipinski definition) is 4. The molecule has 4 N–H and O–H groups in total. The van der Waals surface area contributed by atoms with Crippen LogP contribution in [0.4, 0.5) is 28.9 Å². The SMILES string of the molecule is O=C(O)C(F)(F)C(=O)Nc1ccc(NC(=O)C(F)(F)C(=O)O)cc1. The van der Waals surface area contributed by atoms with E-state index in [0.29, 0.717) is 0 Å². The van der Waals surface area contributed by atoms with Crippen molar-refractivity contribution in [3.05, 3.63) is 24.3 Å². The topological polar surface area (TPSA) is 133 Å². The second-order valence-corrected chi connectivity index (χ2v) is 4.24. The number of amides is 2. The first-order valence-electron chi connectivity index (χ1n) is 5.84. The van der Waals surface area contributed by atoms with Gasteiger partial charge in [0, 0.05) is 11.4 Å². The summed E-state index contributed by atoms with van der Waals surface area (Å²) in [5.74, 6) is -19.0. The molecule has 0 spiro atoms. The number of carboxylic acid groups (broad SMARTS) is 2. The third kappa shape index (κ3) is 3.97. The van der Waals surface area contributed by atoms with Gasteiger partial charge in [0.1, 0.15) is 0 Å². The molecule has 0 saturated heterocycles. The Bertz CT molecular complexity index is 630. The molecule has 130 valence electrons. The van der Waals surface area contributed by atoms with Crippen LogP contribution in [-0.2, 0) is 19.2 Å². The average Bonchev–Trinajstić information content (AvgIpc) is 2.48. The summed E-state index contributed by atoms with van der Waals surface area (Å²) in [4.78, 5) is 42.5. The molecular weight excluding hydrogens is 344 g/mol. The number of benzene rings is 1. The van der Waals surface area contributed by atoms with Crippen LogP contribution in [0.3, 0.4) is 0 Å². The molecule has 0 saturated carbocycles. The quantitative estimate of drug-likeness (QED) is 0.446. The summed E-state index contributed by atoms with van der Waals surface area (Å²) in [6, 6.07) is 3.57. The van der Waals surface area contributed by atoms with E-state index in [0.717, 1.165) is 24.3 Å². The van der Waals surface area contributed by atoms with Gasteiger partial charge in [-0.2, -0.15) is 17.6 Å². The van der Waals surface area contributed by atoms with E-state index in [2.05, 4.69) is 0 Å². The lowest BCUT2D eigenvalue weighted by atomic mass is 10.2. The number of anilines is 2. The number of carbonyl (C=O) groups is 4. The van der Waals surface area contributed by atoms with Crippen LogP contribution in [0.2, 0.25) is 0 Å². The monoisotopic (exact) mass is 352 g/mol. The van der Waals surface area contributed by atoms with Crippen molar-refractivity contribution in [2.45, 2.75) is 11.8 Å². The first-order valence-corrected chi connectivity index (χ1v) is 5.84. The van der Waals surface area contributed by atoms with Crippen molar-refractivity contribution in [2.24, 2.45) is 0 Å². The molecule has 24 heavy (non-hydrogen) atoms. The summed E-state index contributed by atoms with van der Waals surface area (Å²) in [7, 11) is 0. The standard InChI is InChI=1S/C12H8F4N2O6/c13-11(14,9(21)22)7(19)17-5-1-2-6(4-3-5)18-8(20)12(15,16)10(23)24/h1-4H,(H,17,19)(H,18,20)(H,21,22)(H,23,24). The minimum atomic E-state index is -4.68. The molecule has 0 aliphatic heterocycles. The lowest BCUT2D eigenvalue weighted by molar-refractivity contribution is -0.171. The number of rotatable bonds is 6. The highest BCUT2D eigenvalue weighted by atomic mass is 19.3. The molecule has 12 heteroatoms. The number of alkyl halides is 4. The largest absolute Gasteiger partial charge is 0.476 e. The maximum absolute atomic E-state index is 12.9. The highest BCUT2D eigenvalue weighted by Crippen LogP contribution is 2.21. The van der Waals surface area contributed by atoms with Gasteiger partial charge in [-0.3, -0.25) is 9.59 Å². The molecule has 0 unspecified atom stereocenters. The third-order valence-electron chi connectivity index (χ3n) is 2.51. The Labute approximate surface area is 130 Å². The van der Waals surface area contributed by atoms with E-state index >= 15 is 0 Å². The molecule has 0 aliphatic carbocycles. The molecule has 0 bridgehead atoms. The van der Waals surface area contributed by atoms with Gasteiger partial charge in [0.2, 0.25) is 0 Å². The van der Waals surface area contributed by atoms with Gasteiger partial charge in [-0.25, -0.2) is 9.59 Å². The number of nitrogens with one attached hydrogen (secondary N) is 2. The van der Waals surface area contributed by atoms with Gasteiger partial charge in [-0.05, 0) is 24.3 Å². The first-order chi connectivity index (χ1) is 10.9. The van der Waals surface area contributed by atoms with Gasteiger partial charge in [-0.1, -0.05) is 0 Å².